The van der Waals surface area contributed by atoms with E-state index in [0.29, 0.717) is 39.9 Å². The van der Waals surface area contributed by atoms with Crippen molar-refractivity contribution in [2.24, 2.45) is 0 Å². The predicted molar refractivity (Wildman–Crippen MR) is 115 cm³/mol. The van der Waals surface area contributed by atoms with Gasteiger partial charge >= 0.3 is 5.97 Å². The van der Waals surface area contributed by atoms with Crippen molar-refractivity contribution in [3.05, 3.63) is 63.6 Å². The first-order chi connectivity index (χ1) is 14.0. The van der Waals surface area contributed by atoms with Crippen LogP contribution < -0.4 is 14.8 Å². The van der Waals surface area contributed by atoms with E-state index in [2.05, 4.69) is 5.32 Å². The van der Waals surface area contributed by atoms with Crippen LogP contribution in [0.4, 0.5) is 0 Å². The molecule has 0 aromatic heterocycles. The van der Waals surface area contributed by atoms with Crippen LogP contribution in [0, 0.1) is 0 Å². The number of methoxy groups -OCH3 is 2. The fraction of sp³-hybridized carbons (Fsp3) is 0.318. The summed E-state index contributed by atoms with van der Waals surface area (Å²) in [4.78, 5) is 12.8. The van der Waals surface area contributed by atoms with Crippen LogP contribution in [-0.2, 0) is 15.1 Å². The molecule has 0 amide bonds. The van der Waals surface area contributed by atoms with Gasteiger partial charge in [-0.3, -0.25) is 0 Å². The summed E-state index contributed by atoms with van der Waals surface area (Å²) in [6, 6.07) is 11.4. The van der Waals surface area contributed by atoms with Crippen LogP contribution in [0.1, 0.15) is 24.0 Å². The molecule has 1 N–H and O–H groups in total. The molecular formula is C22H23Cl2NO4. The van der Waals surface area contributed by atoms with Gasteiger partial charge < -0.3 is 19.5 Å². The fourth-order valence-electron chi connectivity index (χ4n) is 3.57. The van der Waals surface area contributed by atoms with Gasteiger partial charge in [0.25, 0.3) is 0 Å². The second-order valence-corrected chi connectivity index (χ2v) is 7.50. The van der Waals surface area contributed by atoms with Gasteiger partial charge in [0.15, 0.2) is 0 Å². The lowest BCUT2D eigenvalue weighted by Gasteiger charge is -2.37. The summed E-state index contributed by atoms with van der Waals surface area (Å²) in [6.07, 6.45) is 4.30. The van der Waals surface area contributed by atoms with Gasteiger partial charge in [-0.05, 0) is 30.8 Å². The molecule has 5 nitrogen and oxygen atoms in total. The van der Waals surface area contributed by atoms with Crippen LogP contribution in [-0.4, -0.2) is 33.3 Å². The summed E-state index contributed by atoms with van der Waals surface area (Å²) < 4.78 is 16.7. The highest BCUT2D eigenvalue weighted by Gasteiger charge is 2.37. The van der Waals surface area contributed by atoms with Crippen molar-refractivity contribution in [2.75, 3.05) is 27.3 Å². The van der Waals surface area contributed by atoms with Gasteiger partial charge in [0.05, 0.1) is 29.8 Å². The number of piperidine rings is 1. The van der Waals surface area contributed by atoms with Gasteiger partial charge in [-0.2, -0.15) is 0 Å². The van der Waals surface area contributed by atoms with Crippen molar-refractivity contribution in [2.45, 2.75) is 18.4 Å². The zero-order chi connectivity index (χ0) is 20.9. The van der Waals surface area contributed by atoms with Gasteiger partial charge in [-0.15, -0.1) is 0 Å². The van der Waals surface area contributed by atoms with E-state index in [1.54, 1.807) is 6.08 Å². The molecule has 7 heteroatoms. The maximum atomic E-state index is 12.8. The smallest absolute Gasteiger partial charge is 0.331 e. The van der Waals surface area contributed by atoms with E-state index in [9.17, 15) is 4.79 Å². The molecule has 2 aromatic rings. The van der Waals surface area contributed by atoms with E-state index in [1.165, 1.54) is 26.4 Å². The predicted octanol–water partition coefficient (Wildman–Crippen LogP) is 4.85. The van der Waals surface area contributed by atoms with Crippen molar-refractivity contribution >= 4 is 35.2 Å². The second-order valence-electron chi connectivity index (χ2n) is 6.69. The molecular weight excluding hydrogens is 413 g/mol. The van der Waals surface area contributed by atoms with E-state index in [-0.39, 0.29) is 0 Å². The Labute approximate surface area is 180 Å². The number of hydrogen-bond acceptors (Lipinski definition) is 5. The summed E-state index contributed by atoms with van der Waals surface area (Å²) in [7, 11) is 2.98. The quantitative estimate of drug-likeness (QED) is 0.519. The van der Waals surface area contributed by atoms with Crippen molar-refractivity contribution in [1.29, 1.82) is 0 Å². The van der Waals surface area contributed by atoms with Crippen LogP contribution in [0.3, 0.4) is 0 Å². The normalized spacial score (nSPS) is 15.9. The molecule has 3 rings (SSSR count). The van der Waals surface area contributed by atoms with E-state index >= 15 is 0 Å². The molecule has 1 aliphatic heterocycles. The molecule has 0 atom stereocenters. The van der Waals surface area contributed by atoms with Crippen molar-refractivity contribution in [3.63, 3.8) is 0 Å². The lowest BCUT2D eigenvalue weighted by Crippen LogP contribution is -2.42. The van der Waals surface area contributed by atoms with Crippen LogP contribution >= 0.6 is 23.2 Å². The molecule has 0 radical (unpaired) electrons. The van der Waals surface area contributed by atoms with Crippen molar-refractivity contribution in [3.8, 4) is 11.5 Å². The van der Waals surface area contributed by atoms with E-state index in [4.69, 9.17) is 37.4 Å². The number of carbonyl (C=O) groups excluding carboxylic acids is 1. The Morgan fingerprint density at radius 1 is 1.03 bits per heavy atom. The van der Waals surface area contributed by atoms with Gasteiger partial charge in [-0.1, -0.05) is 53.5 Å². The van der Waals surface area contributed by atoms with Crippen LogP contribution in [0.2, 0.25) is 10.0 Å². The largest absolute Gasteiger partial charge is 0.494 e. The van der Waals surface area contributed by atoms with Gasteiger partial charge in [0, 0.05) is 18.9 Å². The van der Waals surface area contributed by atoms with E-state index in [1.807, 2.05) is 30.3 Å². The number of ether oxygens (including phenoxy) is 3. The minimum Gasteiger partial charge on any atom is -0.494 e. The Morgan fingerprint density at radius 3 is 2.17 bits per heavy atom. The highest BCUT2D eigenvalue weighted by Crippen LogP contribution is 2.42. The Kier molecular flexibility index (Phi) is 7.06. The SMILES string of the molecule is COc1c(Cl)cc(Cl)c(OC)c1/C=C/C(=O)OC1(c2ccccc2)CCNCC1. The molecule has 0 unspecified atom stereocenters. The van der Waals surface area contributed by atoms with Crippen LogP contribution in [0.15, 0.2) is 42.5 Å². The molecule has 0 bridgehead atoms. The Morgan fingerprint density at radius 2 is 1.62 bits per heavy atom. The minimum atomic E-state index is -0.659. The average Bonchev–Trinajstić information content (AvgIpc) is 2.73. The number of benzene rings is 2. The topological polar surface area (TPSA) is 56.8 Å². The first-order valence-corrected chi connectivity index (χ1v) is 10.0. The molecule has 1 heterocycles. The van der Waals surface area contributed by atoms with Crippen LogP contribution in [0.5, 0.6) is 11.5 Å². The third-order valence-corrected chi connectivity index (χ3v) is 5.54. The van der Waals surface area contributed by atoms with Crippen LogP contribution in [0.25, 0.3) is 6.08 Å². The highest BCUT2D eigenvalue weighted by molar-refractivity contribution is 6.37. The third kappa shape index (κ3) is 4.69. The fourth-order valence-corrected chi connectivity index (χ4v) is 4.20. The van der Waals surface area contributed by atoms with E-state index < -0.39 is 11.6 Å². The average molecular weight is 436 g/mol. The Bertz CT molecular complexity index is 865. The molecule has 2 aromatic carbocycles. The molecule has 0 aliphatic carbocycles. The van der Waals surface area contributed by atoms with Crippen molar-refractivity contribution < 1.29 is 19.0 Å². The lowest BCUT2D eigenvalue weighted by molar-refractivity contribution is -0.157. The standard InChI is InChI=1S/C22H23Cl2NO4/c1-27-20-16(21(28-2)18(24)14-17(20)23)8-9-19(26)29-22(10-12-25-13-11-22)15-6-4-3-5-7-15/h3-9,14,25H,10-13H2,1-2H3/b9-8+. The van der Waals surface area contributed by atoms with Gasteiger partial charge in [0.1, 0.15) is 17.1 Å². The van der Waals surface area contributed by atoms with Crippen molar-refractivity contribution in [1.82, 2.24) is 5.32 Å². The Hall–Kier alpha value is -2.21. The molecule has 0 spiro atoms. The van der Waals surface area contributed by atoms with Gasteiger partial charge in [0.2, 0.25) is 0 Å². The highest BCUT2D eigenvalue weighted by atomic mass is 35.5. The summed E-state index contributed by atoms with van der Waals surface area (Å²) in [5.41, 5.74) is 0.807. The number of hydrogen-bond donors (Lipinski definition) is 1. The molecule has 154 valence electrons. The monoisotopic (exact) mass is 435 g/mol. The minimum absolute atomic E-state index is 0.324. The zero-order valence-corrected chi connectivity index (χ0v) is 17.8. The molecule has 1 aliphatic rings. The summed E-state index contributed by atoms with van der Waals surface area (Å²) in [6.45, 7) is 1.55. The number of nitrogens with one attached hydrogen (secondary N) is 1. The number of carbonyl (C=O) groups is 1. The summed E-state index contributed by atoms with van der Waals surface area (Å²) >= 11 is 12.4. The first-order valence-electron chi connectivity index (χ1n) is 9.28. The maximum absolute atomic E-state index is 12.8. The third-order valence-electron chi connectivity index (χ3n) is 4.98. The zero-order valence-electron chi connectivity index (χ0n) is 16.3. The summed E-state index contributed by atoms with van der Waals surface area (Å²) in [5, 5.41) is 3.96. The van der Waals surface area contributed by atoms with Gasteiger partial charge in [-0.25, -0.2) is 4.79 Å². The first kappa shape index (κ1) is 21.5. The molecule has 1 saturated heterocycles. The number of halogens is 2. The van der Waals surface area contributed by atoms with E-state index in [0.717, 1.165) is 18.7 Å². The molecule has 29 heavy (non-hydrogen) atoms. The Balaban J connectivity index is 1.89. The lowest BCUT2D eigenvalue weighted by atomic mass is 9.85. The number of rotatable bonds is 6. The number of esters is 1. The maximum Gasteiger partial charge on any atom is 0.331 e. The summed E-state index contributed by atoms with van der Waals surface area (Å²) in [5.74, 6) is 0.282. The molecule has 0 saturated carbocycles. The molecule has 1 fully saturated rings. The second kappa shape index (κ2) is 9.53.